The van der Waals surface area contributed by atoms with Crippen LogP contribution in [0.1, 0.15) is 28.2 Å². The van der Waals surface area contributed by atoms with E-state index in [1.807, 2.05) is 26.4 Å². The van der Waals surface area contributed by atoms with Gasteiger partial charge < -0.3 is 5.32 Å². The van der Waals surface area contributed by atoms with Gasteiger partial charge in [0.2, 0.25) is 0 Å². The highest BCUT2D eigenvalue weighted by Gasteiger charge is 2.06. The molecular formula is C13H17N5O. The van der Waals surface area contributed by atoms with E-state index in [9.17, 15) is 4.79 Å². The van der Waals surface area contributed by atoms with Crippen LogP contribution >= 0.6 is 0 Å². The van der Waals surface area contributed by atoms with Crippen molar-refractivity contribution in [3.63, 3.8) is 0 Å². The Morgan fingerprint density at radius 3 is 2.79 bits per heavy atom. The molecular weight excluding hydrogens is 242 g/mol. The zero-order valence-electron chi connectivity index (χ0n) is 11.1. The fraction of sp³-hybridized carbons (Fsp3) is 0.385. The van der Waals surface area contributed by atoms with Crippen molar-refractivity contribution in [3.05, 3.63) is 41.7 Å². The van der Waals surface area contributed by atoms with Crippen LogP contribution in [0.2, 0.25) is 0 Å². The molecule has 0 aromatic carbocycles. The Hall–Kier alpha value is -2.24. The molecule has 0 spiro atoms. The lowest BCUT2D eigenvalue weighted by atomic mass is 10.2. The number of carbonyl (C=O) groups excluding carboxylic acids is 1. The molecule has 2 rings (SSSR count). The summed E-state index contributed by atoms with van der Waals surface area (Å²) >= 11 is 0. The Morgan fingerprint density at radius 2 is 2.16 bits per heavy atom. The zero-order valence-corrected chi connectivity index (χ0v) is 11.1. The third kappa shape index (κ3) is 3.87. The Kier molecular flexibility index (Phi) is 4.22. The normalized spacial score (nSPS) is 10.4. The molecule has 2 aromatic rings. The van der Waals surface area contributed by atoms with Crippen molar-refractivity contribution >= 4 is 5.91 Å². The van der Waals surface area contributed by atoms with E-state index in [1.54, 1.807) is 10.9 Å². The summed E-state index contributed by atoms with van der Waals surface area (Å²) in [5.74, 6) is -0.182. The monoisotopic (exact) mass is 259 g/mol. The van der Waals surface area contributed by atoms with Gasteiger partial charge in [-0.1, -0.05) is 0 Å². The van der Waals surface area contributed by atoms with Crippen molar-refractivity contribution in [2.75, 3.05) is 6.54 Å². The molecule has 0 unspecified atom stereocenters. The largest absolute Gasteiger partial charge is 0.351 e. The standard InChI is InChI=1S/C13H17N5O/c1-10-6-16-12(8-15-10)13(19)14-5-3-4-11-7-17-18(2)9-11/h6-9H,3-5H2,1-2H3,(H,14,19). The first-order valence-corrected chi connectivity index (χ1v) is 6.19. The summed E-state index contributed by atoms with van der Waals surface area (Å²) in [5.41, 5.74) is 2.33. The number of hydrogen-bond acceptors (Lipinski definition) is 4. The van der Waals surface area contributed by atoms with Crippen molar-refractivity contribution in [2.24, 2.45) is 7.05 Å². The fourth-order valence-electron chi connectivity index (χ4n) is 1.70. The van der Waals surface area contributed by atoms with Crippen LogP contribution in [-0.2, 0) is 13.5 Å². The fourth-order valence-corrected chi connectivity index (χ4v) is 1.70. The van der Waals surface area contributed by atoms with Gasteiger partial charge in [0.1, 0.15) is 5.69 Å². The summed E-state index contributed by atoms with van der Waals surface area (Å²) in [4.78, 5) is 19.8. The third-order valence-electron chi connectivity index (χ3n) is 2.70. The number of nitrogens with one attached hydrogen (secondary N) is 1. The summed E-state index contributed by atoms with van der Waals surface area (Å²) < 4.78 is 1.77. The highest BCUT2D eigenvalue weighted by Crippen LogP contribution is 2.00. The Labute approximate surface area is 111 Å². The predicted octanol–water partition coefficient (Wildman–Crippen LogP) is 0.881. The molecule has 100 valence electrons. The molecule has 0 saturated carbocycles. The highest BCUT2D eigenvalue weighted by molar-refractivity contribution is 5.91. The second-order valence-electron chi connectivity index (χ2n) is 4.42. The maximum atomic E-state index is 11.7. The number of carbonyl (C=O) groups is 1. The Morgan fingerprint density at radius 1 is 1.32 bits per heavy atom. The van der Waals surface area contributed by atoms with Gasteiger partial charge in [0.25, 0.3) is 5.91 Å². The van der Waals surface area contributed by atoms with E-state index in [2.05, 4.69) is 20.4 Å². The van der Waals surface area contributed by atoms with Crippen molar-refractivity contribution in [1.29, 1.82) is 0 Å². The van der Waals surface area contributed by atoms with Crippen molar-refractivity contribution in [1.82, 2.24) is 25.1 Å². The van der Waals surface area contributed by atoms with E-state index in [1.165, 1.54) is 11.8 Å². The van der Waals surface area contributed by atoms with Crippen molar-refractivity contribution in [3.8, 4) is 0 Å². The molecule has 19 heavy (non-hydrogen) atoms. The van der Waals surface area contributed by atoms with Crippen LogP contribution in [0.15, 0.2) is 24.8 Å². The maximum Gasteiger partial charge on any atom is 0.271 e. The van der Waals surface area contributed by atoms with E-state index in [0.717, 1.165) is 18.5 Å². The minimum atomic E-state index is -0.182. The number of nitrogens with zero attached hydrogens (tertiary/aromatic N) is 4. The van der Waals surface area contributed by atoms with Crippen LogP contribution in [0.4, 0.5) is 0 Å². The molecule has 0 fully saturated rings. The molecule has 0 radical (unpaired) electrons. The quantitative estimate of drug-likeness (QED) is 0.809. The van der Waals surface area contributed by atoms with E-state index in [-0.39, 0.29) is 5.91 Å². The maximum absolute atomic E-state index is 11.7. The molecule has 2 aromatic heterocycles. The molecule has 6 nitrogen and oxygen atoms in total. The SMILES string of the molecule is Cc1cnc(C(=O)NCCCc2cnn(C)c2)cn1. The van der Waals surface area contributed by atoms with Gasteiger partial charge in [0.05, 0.1) is 18.1 Å². The first-order valence-electron chi connectivity index (χ1n) is 6.19. The van der Waals surface area contributed by atoms with E-state index >= 15 is 0 Å². The molecule has 0 saturated heterocycles. The topological polar surface area (TPSA) is 72.7 Å². The lowest BCUT2D eigenvalue weighted by Crippen LogP contribution is -2.25. The van der Waals surface area contributed by atoms with Crippen LogP contribution in [0.25, 0.3) is 0 Å². The van der Waals surface area contributed by atoms with Gasteiger partial charge in [0.15, 0.2) is 0 Å². The summed E-state index contributed by atoms with van der Waals surface area (Å²) in [7, 11) is 1.89. The van der Waals surface area contributed by atoms with Gasteiger partial charge in [-0.2, -0.15) is 5.10 Å². The van der Waals surface area contributed by atoms with Crippen LogP contribution < -0.4 is 5.32 Å². The molecule has 0 atom stereocenters. The van der Waals surface area contributed by atoms with E-state index in [0.29, 0.717) is 12.2 Å². The van der Waals surface area contributed by atoms with Crippen LogP contribution in [0.5, 0.6) is 0 Å². The summed E-state index contributed by atoms with van der Waals surface area (Å²) in [5, 5.41) is 6.92. The number of aromatic nitrogens is 4. The first kappa shape index (κ1) is 13.2. The lowest BCUT2D eigenvalue weighted by Gasteiger charge is -2.03. The molecule has 0 bridgehead atoms. The third-order valence-corrected chi connectivity index (χ3v) is 2.70. The highest BCUT2D eigenvalue weighted by atomic mass is 16.1. The first-order chi connectivity index (χ1) is 9.15. The summed E-state index contributed by atoms with van der Waals surface area (Å²) in [6.45, 7) is 2.45. The number of rotatable bonds is 5. The molecule has 1 amide bonds. The van der Waals surface area contributed by atoms with Crippen LogP contribution in [-0.4, -0.2) is 32.2 Å². The Bertz CT molecular complexity index is 546. The minimum absolute atomic E-state index is 0.182. The summed E-state index contributed by atoms with van der Waals surface area (Å²) in [6.07, 6.45) is 8.67. The van der Waals surface area contributed by atoms with Gasteiger partial charge >= 0.3 is 0 Å². The van der Waals surface area contributed by atoms with Gasteiger partial charge in [0, 0.05) is 26.0 Å². The molecule has 6 heteroatoms. The zero-order chi connectivity index (χ0) is 13.7. The van der Waals surface area contributed by atoms with Gasteiger partial charge in [-0.3, -0.25) is 14.5 Å². The molecule has 1 N–H and O–H groups in total. The second kappa shape index (κ2) is 6.08. The van der Waals surface area contributed by atoms with Gasteiger partial charge in [-0.15, -0.1) is 0 Å². The average molecular weight is 259 g/mol. The van der Waals surface area contributed by atoms with Crippen molar-refractivity contribution < 1.29 is 4.79 Å². The van der Waals surface area contributed by atoms with Crippen LogP contribution in [0, 0.1) is 6.92 Å². The smallest absolute Gasteiger partial charge is 0.271 e. The van der Waals surface area contributed by atoms with E-state index < -0.39 is 0 Å². The van der Waals surface area contributed by atoms with E-state index in [4.69, 9.17) is 0 Å². The molecule has 2 heterocycles. The predicted molar refractivity (Wildman–Crippen MR) is 70.6 cm³/mol. The van der Waals surface area contributed by atoms with Gasteiger partial charge in [-0.05, 0) is 25.3 Å². The molecule has 0 aliphatic heterocycles. The average Bonchev–Trinajstić information content (AvgIpc) is 2.81. The molecule has 0 aliphatic rings. The second-order valence-corrected chi connectivity index (χ2v) is 4.42. The van der Waals surface area contributed by atoms with Crippen molar-refractivity contribution in [2.45, 2.75) is 19.8 Å². The molecule has 0 aliphatic carbocycles. The van der Waals surface area contributed by atoms with Crippen LogP contribution in [0.3, 0.4) is 0 Å². The van der Waals surface area contributed by atoms with Gasteiger partial charge in [-0.25, -0.2) is 4.98 Å². The Balaban J connectivity index is 1.73. The summed E-state index contributed by atoms with van der Waals surface area (Å²) in [6, 6.07) is 0. The lowest BCUT2D eigenvalue weighted by molar-refractivity contribution is 0.0948. The minimum Gasteiger partial charge on any atom is -0.351 e. The number of aryl methyl sites for hydroxylation is 3. The number of amides is 1. The number of hydrogen-bond donors (Lipinski definition) is 1.